The Labute approximate surface area is 137 Å². The summed E-state index contributed by atoms with van der Waals surface area (Å²) in [5.74, 6) is 0.821. The molecule has 0 spiro atoms. The normalized spacial score (nSPS) is 13.6. The van der Waals surface area contributed by atoms with Crippen LogP contribution < -0.4 is 5.32 Å². The molecule has 0 unspecified atom stereocenters. The average Bonchev–Trinajstić information content (AvgIpc) is 2.83. The van der Waals surface area contributed by atoms with Crippen molar-refractivity contribution in [2.24, 2.45) is 0 Å². The molecule has 0 radical (unpaired) electrons. The van der Waals surface area contributed by atoms with Crippen LogP contribution in [0.25, 0.3) is 11.0 Å². The summed E-state index contributed by atoms with van der Waals surface area (Å²) < 4.78 is 25.9. The Kier molecular flexibility index (Phi) is 5.64. The first-order valence-electron chi connectivity index (χ1n) is 7.90. The molecule has 1 aromatic carbocycles. The van der Waals surface area contributed by atoms with E-state index < -0.39 is 15.9 Å². The van der Waals surface area contributed by atoms with Crippen LogP contribution in [0.3, 0.4) is 0 Å². The number of benzene rings is 1. The summed E-state index contributed by atoms with van der Waals surface area (Å²) in [4.78, 5) is 4.53. The largest absolute Gasteiger partial charge is 0.392 e. The Balaban J connectivity index is 2.18. The number of aryl methyl sites for hydroxylation is 1. The number of nitrogens with zero attached hydrogens (tertiary/aromatic N) is 2. The van der Waals surface area contributed by atoms with Crippen LogP contribution in [0.5, 0.6) is 0 Å². The van der Waals surface area contributed by atoms with Crippen molar-refractivity contribution in [3.63, 3.8) is 0 Å². The molecule has 2 aromatic rings. The second-order valence-corrected chi connectivity index (χ2v) is 8.75. The summed E-state index contributed by atoms with van der Waals surface area (Å²) in [5.41, 5.74) is 1.81. The predicted octanol–water partition coefficient (Wildman–Crippen LogP) is 2.04. The summed E-state index contributed by atoms with van der Waals surface area (Å²) >= 11 is 0. The highest BCUT2D eigenvalue weighted by molar-refractivity contribution is 7.91. The Morgan fingerprint density at radius 3 is 2.61 bits per heavy atom. The minimum atomic E-state index is -3.04. The van der Waals surface area contributed by atoms with Gasteiger partial charge in [-0.1, -0.05) is 12.1 Å². The monoisotopic (exact) mass is 339 g/mol. The second-order valence-electron chi connectivity index (χ2n) is 6.07. The van der Waals surface area contributed by atoms with Gasteiger partial charge in [0.25, 0.3) is 0 Å². The second kappa shape index (κ2) is 7.31. The Morgan fingerprint density at radius 2 is 1.96 bits per heavy atom. The Hall–Kier alpha value is -1.60. The van der Waals surface area contributed by atoms with Gasteiger partial charge in [0.15, 0.2) is 9.84 Å². The van der Waals surface area contributed by atoms with E-state index in [-0.39, 0.29) is 11.0 Å². The van der Waals surface area contributed by atoms with Crippen LogP contribution in [-0.2, 0) is 16.4 Å². The molecule has 0 saturated carbocycles. The van der Waals surface area contributed by atoms with Gasteiger partial charge in [-0.15, -0.1) is 0 Å². The fourth-order valence-electron chi connectivity index (χ4n) is 2.34. The van der Waals surface area contributed by atoms with Crippen LogP contribution >= 0.6 is 0 Å². The molecule has 0 amide bonds. The van der Waals surface area contributed by atoms with Gasteiger partial charge in [0.05, 0.1) is 28.1 Å². The number of aliphatic hydroxyl groups is 1. The average molecular weight is 339 g/mol. The van der Waals surface area contributed by atoms with Crippen molar-refractivity contribution in [2.75, 3.05) is 17.6 Å². The number of rotatable bonds is 8. The van der Waals surface area contributed by atoms with E-state index in [4.69, 9.17) is 0 Å². The zero-order valence-electron chi connectivity index (χ0n) is 13.9. The van der Waals surface area contributed by atoms with Crippen molar-refractivity contribution in [3.8, 4) is 0 Å². The van der Waals surface area contributed by atoms with Crippen LogP contribution in [0.2, 0.25) is 0 Å². The molecule has 0 aliphatic heterocycles. The maximum Gasteiger partial charge on any atom is 0.203 e. The topological polar surface area (TPSA) is 84.2 Å². The highest BCUT2D eigenvalue weighted by Crippen LogP contribution is 2.20. The number of aromatic nitrogens is 2. The molecule has 0 saturated heterocycles. The lowest BCUT2D eigenvalue weighted by Gasteiger charge is -2.13. The summed E-state index contributed by atoms with van der Waals surface area (Å²) in [6, 6.07) is 7.74. The van der Waals surface area contributed by atoms with E-state index in [2.05, 4.69) is 10.3 Å². The lowest BCUT2D eigenvalue weighted by atomic mass is 10.3. The number of hydrogen-bond acceptors (Lipinski definition) is 5. The highest BCUT2D eigenvalue weighted by atomic mass is 32.2. The van der Waals surface area contributed by atoms with Crippen LogP contribution in [0.4, 0.5) is 5.95 Å². The third-order valence-corrected chi connectivity index (χ3v) is 6.03. The van der Waals surface area contributed by atoms with Gasteiger partial charge >= 0.3 is 0 Å². The van der Waals surface area contributed by atoms with Crippen molar-refractivity contribution in [3.05, 3.63) is 24.3 Å². The van der Waals surface area contributed by atoms with Crippen LogP contribution in [-0.4, -0.2) is 46.7 Å². The van der Waals surface area contributed by atoms with E-state index in [1.54, 1.807) is 20.8 Å². The molecular weight excluding hydrogens is 314 g/mol. The molecule has 2 rings (SSSR count). The molecule has 23 heavy (non-hydrogen) atoms. The van der Waals surface area contributed by atoms with Gasteiger partial charge in [0, 0.05) is 13.1 Å². The van der Waals surface area contributed by atoms with Crippen LogP contribution in [0.1, 0.15) is 27.2 Å². The number of imidazole rings is 1. The fourth-order valence-corrected chi connectivity index (χ4v) is 3.34. The number of aliphatic hydroxyl groups excluding tert-OH is 1. The molecular formula is C16H25N3O3S. The molecule has 1 heterocycles. The van der Waals surface area contributed by atoms with E-state index in [0.717, 1.165) is 11.0 Å². The molecule has 6 nitrogen and oxygen atoms in total. The first kappa shape index (κ1) is 17.7. The SMILES string of the molecule is CC(C)S(=O)(=O)CCCn1c(NC[C@@H](C)O)nc2ccccc21. The van der Waals surface area contributed by atoms with Crippen molar-refractivity contribution in [2.45, 2.75) is 45.1 Å². The van der Waals surface area contributed by atoms with Gasteiger partial charge in [-0.25, -0.2) is 13.4 Å². The van der Waals surface area contributed by atoms with E-state index in [9.17, 15) is 13.5 Å². The van der Waals surface area contributed by atoms with Gasteiger partial charge in [-0.3, -0.25) is 0 Å². The van der Waals surface area contributed by atoms with E-state index in [0.29, 0.717) is 25.5 Å². The molecule has 1 atom stereocenters. The quantitative estimate of drug-likeness (QED) is 0.769. The van der Waals surface area contributed by atoms with Gasteiger partial charge in [0.2, 0.25) is 5.95 Å². The van der Waals surface area contributed by atoms with Gasteiger partial charge in [-0.2, -0.15) is 0 Å². The third kappa shape index (κ3) is 4.45. The zero-order valence-corrected chi connectivity index (χ0v) is 14.7. The molecule has 0 aliphatic carbocycles. The van der Waals surface area contributed by atoms with E-state index in [1.807, 2.05) is 28.8 Å². The standard InChI is InChI=1S/C16H25N3O3S/c1-12(2)23(21,22)10-6-9-19-15-8-5-4-7-14(15)18-16(19)17-11-13(3)20/h4-5,7-8,12-13,20H,6,9-11H2,1-3H3,(H,17,18)/t13-/m1/s1. The van der Waals surface area contributed by atoms with Gasteiger partial charge < -0.3 is 15.0 Å². The summed E-state index contributed by atoms with van der Waals surface area (Å²) in [7, 11) is -3.04. The minimum Gasteiger partial charge on any atom is -0.392 e. The molecule has 128 valence electrons. The fraction of sp³-hybridized carbons (Fsp3) is 0.562. The number of anilines is 1. The summed E-state index contributed by atoms with van der Waals surface area (Å²) in [6.45, 7) is 6.08. The highest BCUT2D eigenvalue weighted by Gasteiger charge is 2.17. The first-order valence-corrected chi connectivity index (χ1v) is 9.61. The maximum atomic E-state index is 11.9. The number of nitrogens with one attached hydrogen (secondary N) is 1. The van der Waals surface area contributed by atoms with Gasteiger partial charge in [0.1, 0.15) is 0 Å². The summed E-state index contributed by atoms with van der Waals surface area (Å²) in [6.07, 6.45) is 0.0501. The van der Waals surface area contributed by atoms with Crippen molar-refractivity contribution >= 4 is 26.8 Å². The smallest absolute Gasteiger partial charge is 0.203 e. The zero-order chi connectivity index (χ0) is 17.0. The first-order chi connectivity index (χ1) is 10.8. The predicted molar refractivity (Wildman–Crippen MR) is 93.4 cm³/mol. The minimum absolute atomic E-state index is 0.160. The Morgan fingerprint density at radius 1 is 1.26 bits per heavy atom. The van der Waals surface area contributed by atoms with Crippen LogP contribution in [0.15, 0.2) is 24.3 Å². The lowest BCUT2D eigenvalue weighted by molar-refractivity contribution is 0.208. The van der Waals surface area contributed by atoms with E-state index >= 15 is 0 Å². The number of sulfone groups is 1. The molecule has 0 bridgehead atoms. The number of para-hydroxylation sites is 2. The number of fused-ring (bicyclic) bond motifs is 1. The van der Waals surface area contributed by atoms with Crippen molar-refractivity contribution in [1.82, 2.24) is 9.55 Å². The lowest BCUT2D eigenvalue weighted by Crippen LogP contribution is -2.20. The van der Waals surface area contributed by atoms with Crippen molar-refractivity contribution < 1.29 is 13.5 Å². The molecule has 1 aromatic heterocycles. The molecule has 7 heteroatoms. The summed E-state index contributed by atoms with van der Waals surface area (Å²) in [5, 5.41) is 12.2. The van der Waals surface area contributed by atoms with Crippen molar-refractivity contribution in [1.29, 1.82) is 0 Å². The molecule has 0 aliphatic rings. The maximum absolute atomic E-state index is 11.9. The van der Waals surface area contributed by atoms with E-state index in [1.165, 1.54) is 0 Å². The molecule has 0 fully saturated rings. The Bertz CT molecular complexity index is 751. The third-order valence-electron chi connectivity index (χ3n) is 3.74. The van der Waals surface area contributed by atoms with Crippen LogP contribution in [0, 0.1) is 0 Å². The molecule has 2 N–H and O–H groups in total. The number of hydrogen-bond donors (Lipinski definition) is 2. The van der Waals surface area contributed by atoms with Gasteiger partial charge in [-0.05, 0) is 39.3 Å².